The number of thioether (sulfide) groups is 1. The Balaban J connectivity index is 1.41. The molecule has 0 bridgehead atoms. The SMILES string of the molecule is COc1ccc(N2C(=O)C[C@@H](Sc3cccc(NC(=O)Nc4ccccc4)c3)C2=O)cc1. The second-order valence-electron chi connectivity index (χ2n) is 7.05. The van der Waals surface area contributed by atoms with Crippen LogP contribution in [0.3, 0.4) is 0 Å². The molecule has 32 heavy (non-hydrogen) atoms. The molecule has 0 spiro atoms. The van der Waals surface area contributed by atoms with Gasteiger partial charge in [0.2, 0.25) is 11.8 Å². The highest BCUT2D eigenvalue weighted by Crippen LogP contribution is 2.35. The van der Waals surface area contributed by atoms with Crippen molar-refractivity contribution in [3.63, 3.8) is 0 Å². The Bertz CT molecular complexity index is 1140. The number of para-hydroxylation sites is 1. The molecule has 0 unspecified atom stereocenters. The van der Waals surface area contributed by atoms with Gasteiger partial charge in [-0.1, -0.05) is 24.3 Å². The molecule has 0 saturated carbocycles. The molecule has 0 radical (unpaired) electrons. The molecule has 3 aromatic rings. The summed E-state index contributed by atoms with van der Waals surface area (Å²) in [6.07, 6.45) is 0.113. The Hall–Kier alpha value is -3.78. The number of urea groups is 1. The van der Waals surface area contributed by atoms with Crippen molar-refractivity contribution in [1.82, 2.24) is 0 Å². The average Bonchev–Trinajstić information content (AvgIpc) is 3.07. The van der Waals surface area contributed by atoms with Crippen molar-refractivity contribution in [2.75, 3.05) is 22.6 Å². The molecule has 0 aliphatic carbocycles. The van der Waals surface area contributed by atoms with E-state index in [1.54, 1.807) is 61.7 Å². The number of imide groups is 1. The smallest absolute Gasteiger partial charge is 0.323 e. The molecule has 1 atom stereocenters. The van der Waals surface area contributed by atoms with Crippen molar-refractivity contribution in [2.24, 2.45) is 0 Å². The Labute approximate surface area is 189 Å². The number of methoxy groups -OCH3 is 1. The summed E-state index contributed by atoms with van der Waals surface area (Å²) in [6, 6.07) is 22.8. The number of benzene rings is 3. The zero-order chi connectivity index (χ0) is 22.5. The molecule has 2 N–H and O–H groups in total. The number of carbonyl (C=O) groups excluding carboxylic acids is 3. The molecule has 7 nitrogen and oxygen atoms in total. The molecular weight excluding hydrogens is 426 g/mol. The summed E-state index contributed by atoms with van der Waals surface area (Å²) >= 11 is 1.31. The molecule has 3 aromatic carbocycles. The van der Waals surface area contributed by atoms with Crippen molar-refractivity contribution in [2.45, 2.75) is 16.6 Å². The quantitative estimate of drug-likeness (QED) is 0.532. The summed E-state index contributed by atoms with van der Waals surface area (Å²) in [5.74, 6) is 0.152. The first kappa shape index (κ1) is 21.5. The molecule has 4 amide bonds. The number of rotatable bonds is 6. The van der Waals surface area contributed by atoms with E-state index in [4.69, 9.17) is 4.74 Å². The van der Waals surface area contributed by atoms with Crippen LogP contribution in [0.5, 0.6) is 5.75 Å². The van der Waals surface area contributed by atoms with Crippen LogP contribution in [-0.4, -0.2) is 30.2 Å². The average molecular weight is 448 g/mol. The van der Waals surface area contributed by atoms with Crippen LogP contribution >= 0.6 is 11.8 Å². The van der Waals surface area contributed by atoms with Crippen LogP contribution in [0.25, 0.3) is 0 Å². The summed E-state index contributed by atoms with van der Waals surface area (Å²) in [5, 5.41) is 5.01. The van der Waals surface area contributed by atoms with E-state index in [2.05, 4.69) is 10.6 Å². The Morgan fingerprint density at radius 1 is 0.938 bits per heavy atom. The van der Waals surface area contributed by atoms with E-state index in [9.17, 15) is 14.4 Å². The first-order valence-corrected chi connectivity index (χ1v) is 10.8. The van der Waals surface area contributed by atoms with E-state index in [1.807, 2.05) is 24.3 Å². The number of hydrogen-bond acceptors (Lipinski definition) is 5. The minimum atomic E-state index is -0.530. The van der Waals surface area contributed by atoms with Crippen LogP contribution in [0.4, 0.5) is 21.9 Å². The molecule has 1 aliphatic heterocycles. The highest BCUT2D eigenvalue weighted by atomic mass is 32.2. The maximum absolute atomic E-state index is 12.9. The Morgan fingerprint density at radius 3 is 2.34 bits per heavy atom. The highest BCUT2D eigenvalue weighted by Gasteiger charge is 2.40. The highest BCUT2D eigenvalue weighted by molar-refractivity contribution is 8.00. The van der Waals surface area contributed by atoms with Gasteiger partial charge in [-0.05, 0) is 54.6 Å². The van der Waals surface area contributed by atoms with E-state index in [-0.39, 0.29) is 24.3 Å². The van der Waals surface area contributed by atoms with E-state index < -0.39 is 5.25 Å². The van der Waals surface area contributed by atoms with E-state index in [0.29, 0.717) is 22.8 Å². The molecule has 162 valence electrons. The summed E-state index contributed by atoms with van der Waals surface area (Å²) in [7, 11) is 1.56. The Kier molecular flexibility index (Phi) is 6.42. The van der Waals surface area contributed by atoms with Crippen LogP contribution in [0.1, 0.15) is 6.42 Å². The number of anilines is 3. The molecule has 1 fully saturated rings. The first-order valence-electron chi connectivity index (χ1n) is 9.94. The molecule has 1 saturated heterocycles. The monoisotopic (exact) mass is 447 g/mol. The van der Waals surface area contributed by atoms with Gasteiger partial charge in [0.1, 0.15) is 5.75 Å². The van der Waals surface area contributed by atoms with Gasteiger partial charge in [-0.3, -0.25) is 9.59 Å². The van der Waals surface area contributed by atoms with Crippen molar-refractivity contribution in [3.8, 4) is 5.75 Å². The van der Waals surface area contributed by atoms with Crippen molar-refractivity contribution in [1.29, 1.82) is 0 Å². The van der Waals surface area contributed by atoms with Crippen LogP contribution in [0.2, 0.25) is 0 Å². The maximum atomic E-state index is 12.9. The third-order valence-corrected chi connectivity index (χ3v) is 6.02. The van der Waals surface area contributed by atoms with Crippen molar-refractivity contribution >= 4 is 46.7 Å². The lowest BCUT2D eigenvalue weighted by Gasteiger charge is -2.15. The number of amides is 4. The maximum Gasteiger partial charge on any atom is 0.323 e. The number of nitrogens with zero attached hydrogens (tertiary/aromatic N) is 1. The normalized spacial score (nSPS) is 15.5. The second kappa shape index (κ2) is 9.57. The molecule has 1 heterocycles. The second-order valence-corrected chi connectivity index (χ2v) is 8.33. The minimum absolute atomic E-state index is 0.113. The summed E-state index contributed by atoms with van der Waals surface area (Å²) in [5.41, 5.74) is 1.80. The molecule has 0 aromatic heterocycles. The zero-order valence-electron chi connectivity index (χ0n) is 17.3. The van der Waals surface area contributed by atoms with Gasteiger partial charge < -0.3 is 15.4 Å². The third kappa shape index (κ3) is 4.92. The standard InChI is InChI=1S/C24H21N3O4S/c1-31-19-12-10-18(11-13-19)27-22(28)15-21(23(27)29)32-20-9-5-8-17(14-20)26-24(30)25-16-6-3-2-4-7-16/h2-14,21H,15H2,1H3,(H2,25,26,30)/t21-/m1/s1. The summed E-state index contributed by atoms with van der Waals surface area (Å²) in [4.78, 5) is 39.7. The first-order chi connectivity index (χ1) is 15.5. The molecular formula is C24H21N3O4S. The minimum Gasteiger partial charge on any atom is -0.497 e. The molecule has 1 aliphatic rings. The van der Waals surface area contributed by atoms with E-state index in [1.165, 1.54) is 16.7 Å². The van der Waals surface area contributed by atoms with Gasteiger partial charge >= 0.3 is 6.03 Å². The Morgan fingerprint density at radius 2 is 1.62 bits per heavy atom. The molecule has 8 heteroatoms. The van der Waals surface area contributed by atoms with Gasteiger partial charge in [0, 0.05) is 22.7 Å². The lowest BCUT2D eigenvalue weighted by molar-refractivity contribution is -0.121. The van der Waals surface area contributed by atoms with Gasteiger partial charge in [0.05, 0.1) is 18.0 Å². The van der Waals surface area contributed by atoms with E-state index >= 15 is 0 Å². The number of ether oxygens (including phenoxy) is 1. The fourth-order valence-electron chi connectivity index (χ4n) is 3.33. The van der Waals surface area contributed by atoms with Gasteiger partial charge in [-0.25, -0.2) is 9.69 Å². The lowest BCUT2D eigenvalue weighted by atomic mass is 10.3. The van der Waals surface area contributed by atoms with Crippen LogP contribution in [0.15, 0.2) is 83.8 Å². The van der Waals surface area contributed by atoms with Gasteiger partial charge in [0.15, 0.2) is 0 Å². The number of carbonyl (C=O) groups is 3. The van der Waals surface area contributed by atoms with Crippen molar-refractivity contribution in [3.05, 3.63) is 78.9 Å². The fourth-order valence-corrected chi connectivity index (χ4v) is 4.44. The van der Waals surface area contributed by atoms with Gasteiger partial charge in [-0.2, -0.15) is 0 Å². The summed E-state index contributed by atoms with van der Waals surface area (Å²) in [6.45, 7) is 0. The summed E-state index contributed by atoms with van der Waals surface area (Å²) < 4.78 is 5.13. The predicted molar refractivity (Wildman–Crippen MR) is 125 cm³/mol. The zero-order valence-corrected chi connectivity index (χ0v) is 18.1. The van der Waals surface area contributed by atoms with Gasteiger partial charge in [-0.15, -0.1) is 11.8 Å². The lowest BCUT2D eigenvalue weighted by Crippen LogP contribution is -2.31. The number of hydrogen-bond donors (Lipinski definition) is 2. The molecule has 4 rings (SSSR count). The third-order valence-electron chi connectivity index (χ3n) is 4.84. The van der Waals surface area contributed by atoms with Crippen LogP contribution < -0.4 is 20.3 Å². The topological polar surface area (TPSA) is 87.7 Å². The fraction of sp³-hybridized carbons (Fsp3) is 0.125. The largest absolute Gasteiger partial charge is 0.497 e. The van der Waals surface area contributed by atoms with E-state index in [0.717, 1.165) is 4.90 Å². The van der Waals surface area contributed by atoms with Gasteiger partial charge in [0.25, 0.3) is 0 Å². The van der Waals surface area contributed by atoms with Crippen molar-refractivity contribution < 1.29 is 19.1 Å². The van der Waals surface area contributed by atoms with Crippen LogP contribution in [0, 0.1) is 0 Å². The predicted octanol–water partition coefficient (Wildman–Crippen LogP) is 4.76. The number of nitrogens with one attached hydrogen (secondary N) is 2. The van der Waals surface area contributed by atoms with Crippen LogP contribution in [-0.2, 0) is 9.59 Å².